The Morgan fingerprint density at radius 3 is 2.64 bits per heavy atom. The highest BCUT2D eigenvalue weighted by Crippen LogP contribution is 2.16. The van der Waals surface area contributed by atoms with E-state index in [1.807, 2.05) is 31.2 Å². The molecule has 1 unspecified atom stereocenters. The van der Waals surface area contributed by atoms with E-state index in [2.05, 4.69) is 16.7 Å². The molecule has 1 atom stereocenters. The minimum absolute atomic E-state index is 0.361. The predicted octanol–water partition coefficient (Wildman–Crippen LogP) is 2.15. The Kier molecular flexibility index (Phi) is 7.16. The number of hydrogen-bond donors (Lipinski definition) is 1. The fraction of sp³-hybridized carbons (Fsp3) is 0.667. The summed E-state index contributed by atoms with van der Waals surface area (Å²) in [5.74, 6) is 0.867. The summed E-state index contributed by atoms with van der Waals surface area (Å²) in [4.78, 5) is 4.89. The van der Waals surface area contributed by atoms with Crippen LogP contribution in [-0.4, -0.2) is 66.9 Å². The van der Waals surface area contributed by atoms with Crippen LogP contribution < -0.4 is 4.74 Å². The Hall–Kier alpha value is -1.10. The molecule has 1 aliphatic heterocycles. The molecule has 0 aromatic heterocycles. The molecule has 0 radical (unpaired) electrons. The lowest BCUT2D eigenvalue weighted by Gasteiger charge is -2.24. The number of aryl methyl sites for hydroxylation is 1. The smallest absolute Gasteiger partial charge is 0.122 e. The number of aliphatic hydroxyl groups excluding tert-OH is 1. The standard InChI is InChI=1S/C18H30N2O2/c1-3-9-19-10-6-11-20(13-12-19)14-17(21)15-22-18-8-5-4-7-16(18)2/h4-5,7-8,17,21H,3,6,9-15H2,1-2H3. The minimum atomic E-state index is -0.433. The molecule has 2 rings (SSSR count). The first-order valence-corrected chi connectivity index (χ1v) is 8.50. The molecule has 1 aromatic carbocycles. The van der Waals surface area contributed by atoms with Crippen LogP contribution in [0.4, 0.5) is 0 Å². The molecule has 0 spiro atoms. The Morgan fingerprint density at radius 2 is 1.86 bits per heavy atom. The van der Waals surface area contributed by atoms with Crippen molar-refractivity contribution in [3.63, 3.8) is 0 Å². The zero-order valence-corrected chi connectivity index (χ0v) is 14.0. The van der Waals surface area contributed by atoms with Crippen LogP contribution in [0, 0.1) is 6.92 Å². The molecule has 124 valence electrons. The third kappa shape index (κ3) is 5.59. The molecule has 0 saturated carbocycles. The zero-order valence-electron chi connectivity index (χ0n) is 14.0. The maximum atomic E-state index is 10.2. The average molecular weight is 306 g/mol. The van der Waals surface area contributed by atoms with Crippen molar-refractivity contribution in [1.29, 1.82) is 0 Å². The van der Waals surface area contributed by atoms with E-state index in [1.54, 1.807) is 0 Å². The second kappa shape index (κ2) is 9.13. The summed E-state index contributed by atoms with van der Waals surface area (Å²) in [6.45, 7) is 10.9. The maximum absolute atomic E-state index is 10.2. The van der Waals surface area contributed by atoms with Crippen LogP contribution in [0.1, 0.15) is 25.3 Å². The van der Waals surface area contributed by atoms with Crippen molar-refractivity contribution in [2.45, 2.75) is 32.8 Å². The van der Waals surface area contributed by atoms with Crippen LogP contribution >= 0.6 is 0 Å². The minimum Gasteiger partial charge on any atom is -0.491 e. The molecule has 0 amide bonds. The first kappa shape index (κ1) is 17.3. The van der Waals surface area contributed by atoms with Crippen molar-refractivity contribution in [3.8, 4) is 5.75 Å². The molecule has 1 aromatic rings. The number of para-hydroxylation sites is 1. The molecular weight excluding hydrogens is 276 g/mol. The van der Waals surface area contributed by atoms with Gasteiger partial charge in [0.05, 0.1) is 0 Å². The molecular formula is C18H30N2O2. The lowest BCUT2D eigenvalue weighted by Crippen LogP contribution is -2.38. The maximum Gasteiger partial charge on any atom is 0.122 e. The monoisotopic (exact) mass is 306 g/mol. The predicted molar refractivity (Wildman–Crippen MR) is 90.5 cm³/mol. The van der Waals surface area contributed by atoms with E-state index in [4.69, 9.17) is 4.74 Å². The molecule has 1 aliphatic rings. The van der Waals surface area contributed by atoms with Crippen LogP contribution in [0.3, 0.4) is 0 Å². The second-order valence-corrected chi connectivity index (χ2v) is 6.23. The Bertz CT molecular complexity index is 439. The van der Waals surface area contributed by atoms with Gasteiger partial charge < -0.3 is 14.7 Å². The number of rotatable bonds is 7. The lowest BCUT2D eigenvalue weighted by molar-refractivity contribution is 0.0691. The molecule has 1 saturated heterocycles. The third-order valence-corrected chi connectivity index (χ3v) is 4.21. The van der Waals surface area contributed by atoms with E-state index in [-0.39, 0.29) is 0 Å². The highest BCUT2D eigenvalue weighted by atomic mass is 16.5. The quantitative estimate of drug-likeness (QED) is 0.837. The van der Waals surface area contributed by atoms with Crippen LogP contribution in [0.25, 0.3) is 0 Å². The van der Waals surface area contributed by atoms with E-state index in [0.29, 0.717) is 13.2 Å². The fourth-order valence-electron chi connectivity index (χ4n) is 3.00. The number of nitrogens with zero attached hydrogens (tertiary/aromatic N) is 2. The van der Waals surface area contributed by atoms with E-state index in [0.717, 1.165) is 30.9 Å². The van der Waals surface area contributed by atoms with Gasteiger partial charge in [0.15, 0.2) is 0 Å². The number of benzene rings is 1. The third-order valence-electron chi connectivity index (χ3n) is 4.21. The van der Waals surface area contributed by atoms with Gasteiger partial charge in [-0.15, -0.1) is 0 Å². The summed E-state index contributed by atoms with van der Waals surface area (Å²) in [5, 5.41) is 10.2. The SMILES string of the molecule is CCCN1CCCN(CC(O)COc2ccccc2C)CC1. The molecule has 0 aliphatic carbocycles. The van der Waals surface area contributed by atoms with E-state index in [1.165, 1.54) is 25.9 Å². The van der Waals surface area contributed by atoms with Gasteiger partial charge in [-0.3, -0.25) is 4.90 Å². The first-order chi connectivity index (χ1) is 10.7. The summed E-state index contributed by atoms with van der Waals surface area (Å²) in [6.07, 6.45) is 1.97. The summed E-state index contributed by atoms with van der Waals surface area (Å²) in [7, 11) is 0. The summed E-state index contributed by atoms with van der Waals surface area (Å²) in [5.41, 5.74) is 1.11. The van der Waals surface area contributed by atoms with Crippen molar-refractivity contribution in [1.82, 2.24) is 9.80 Å². The van der Waals surface area contributed by atoms with Crippen LogP contribution in [-0.2, 0) is 0 Å². The highest BCUT2D eigenvalue weighted by Gasteiger charge is 2.17. The lowest BCUT2D eigenvalue weighted by atomic mass is 10.2. The first-order valence-electron chi connectivity index (χ1n) is 8.50. The second-order valence-electron chi connectivity index (χ2n) is 6.23. The van der Waals surface area contributed by atoms with Crippen LogP contribution in [0.5, 0.6) is 5.75 Å². The van der Waals surface area contributed by atoms with Gasteiger partial charge in [0.1, 0.15) is 18.5 Å². The van der Waals surface area contributed by atoms with Gasteiger partial charge in [-0.25, -0.2) is 0 Å². The molecule has 1 N–H and O–H groups in total. The summed E-state index contributed by atoms with van der Waals surface area (Å²) in [6, 6.07) is 7.94. The number of ether oxygens (including phenoxy) is 1. The van der Waals surface area contributed by atoms with E-state index in [9.17, 15) is 5.11 Å². The van der Waals surface area contributed by atoms with Gasteiger partial charge in [-0.1, -0.05) is 25.1 Å². The Labute approximate surface area is 134 Å². The van der Waals surface area contributed by atoms with E-state index < -0.39 is 6.10 Å². The normalized spacial score (nSPS) is 18.9. The number of hydrogen-bond acceptors (Lipinski definition) is 4. The van der Waals surface area contributed by atoms with Crippen molar-refractivity contribution in [3.05, 3.63) is 29.8 Å². The van der Waals surface area contributed by atoms with Crippen molar-refractivity contribution < 1.29 is 9.84 Å². The van der Waals surface area contributed by atoms with Gasteiger partial charge in [0.25, 0.3) is 0 Å². The van der Waals surface area contributed by atoms with Crippen LogP contribution in [0.2, 0.25) is 0 Å². The van der Waals surface area contributed by atoms with Gasteiger partial charge >= 0.3 is 0 Å². The topological polar surface area (TPSA) is 35.9 Å². The Balaban J connectivity index is 1.72. The summed E-state index contributed by atoms with van der Waals surface area (Å²) >= 11 is 0. The van der Waals surface area contributed by atoms with E-state index >= 15 is 0 Å². The highest BCUT2D eigenvalue weighted by molar-refractivity contribution is 5.31. The molecule has 4 heteroatoms. The molecule has 22 heavy (non-hydrogen) atoms. The summed E-state index contributed by atoms with van der Waals surface area (Å²) < 4.78 is 5.74. The average Bonchev–Trinajstić information content (AvgIpc) is 2.72. The van der Waals surface area contributed by atoms with Gasteiger partial charge in [-0.05, 0) is 51.0 Å². The van der Waals surface area contributed by atoms with Crippen molar-refractivity contribution >= 4 is 0 Å². The number of β-amino-alcohol motifs (C(OH)–C–C–N with tert-alkyl or cyclic N) is 1. The molecule has 1 heterocycles. The Morgan fingerprint density at radius 1 is 1.14 bits per heavy atom. The van der Waals surface area contributed by atoms with Crippen molar-refractivity contribution in [2.75, 3.05) is 45.9 Å². The largest absolute Gasteiger partial charge is 0.491 e. The zero-order chi connectivity index (χ0) is 15.8. The van der Waals surface area contributed by atoms with Gasteiger partial charge in [0.2, 0.25) is 0 Å². The van der Waals surface area contributed by atoms with Crippen molar-refractivity contribution in [2.24, 2.45) is 0 Å². The molecule has 1 fully saturated rings. The molecule has 4 nitrogen and oxygen atoms in total. The fourth-order valence-corrected chi connectivity index (χ4v) is 3.00. The van der Waals surface area contributed by atoms with Crippen LogP contribution in [0.15, 0.2) is 24.3 Å². The van der Waals surface area contributed by atoms with Gasteiger partial charge in [0, 0.05) is 19.6 Å². The van der Waals surface area contributed by atoms with Gasteiger partial charge in [-0.2, -0.15) is 0 Å². The number of aliphatic hydroxyl groups is 1. The molecule has 0 bridgehead atoms.